The predicted octanol–water partition coefficient (Wildman–Crippen LogP) is 5.12. The molecule has 0 spiro atoms. The van der Waals surface area contributed by atoms with Crippen molar-refractivity contribution >= 4 is 43.5 Å². The number of hydrogen-bond acceptors (Lipinski definition) is 6. The first-order valence-electron chi connectivity index (χ1n) is 12.7. The van der Waals surface area contributed by atoms with E-state index in [1.165, 1.54) is 0 Å². The number of nitrogens with two attached hydrogens (primary N) is 1. The zero-order chi connectivity index (χ0) is 25.1. The number of nitrogens with zero attached hydrogens (tertiary/aromatic N) is 2. The highest BCUT2D eigenvalue weighted by molar-refractivity contribution is 7.89. The Labute approximate surface area is 212 Å². The maximum Gasteiger partial charge on any atom is 0.241 e. The molecule has 7 nitrogen and oxygen atoms in total. The maximum atomic E-state index is 13.0. The predicted molar refractivity (Wildman–Crippen MR) is 146 cm³/mol. The van der Waals surface area contributed by atoms with Gasteiger partial charge in [-0.3, -0.25) is 0 Å². The Kier molecular flexibility index (Phi) is 7.07. The van der Waals surface area contributed by atoms with Gasteiger partial charge in [-0.25, -0.2) is 18.1 Å². The van der Waals surface area contributed by atoms with Gasteiger partial charge in [-0.15, -0.1) is 0 Å². The van der Waals surface area contributed by atoms with E-state index >= 15 is 0 Å². The SMILES string of the molecule is CCc1cccc2c(N)nc(NCC3CCC(CNS(=O)(=O)c4cccc5ccccc45)CC3)nc12. The molecular weight excluding hydrogens is 470 g/mol. The number of hydrogen-bond donors (Lipinski definition) is 3. The van der Waals surface area contributed by atoms with Crippen molar-refractivity contribution < 1.29 is 8.42 Å². The highest BCUT2D eigenvalue weighted by Crippen LogP contribution is 2.30. The number of aromatic nitrogens is 2. The van der Waals surface area contributed by atoms with Crippen LogP contribution in [-0.4, -0.2) is 31.5 Å². The van der Waals surface area contributed by atoms with Crippen LogP contribution in [0, 0.1) is 11.8 Å². The van der Waals surface area contributed by atoms with E-state index in [2.05, 4.69) is 28.0 Å². The summed E-state index contributed by atoms with van der Waals surface area (Å²) in [5, 5.41) is 5.97. The third kappa shape index (κ3) is 5.15. The van der Waals surface area contributed by atoms with Crippen LogP contribution >= 0.6 is 0 Å². The Hall–Kier alpha value is -3.23. The van der Waals surface area contributed by atoms with Gasteiger partial charge in [0.1, 0.15) is 5.82 Å². The van der Waals surface area contributed by atoms with Crippen LogP contribution in [0.15, 0.2) is 65.6 Å². The summed E-state index contributed by atoms with van der Waals surface area (Å²) in [6.45, 7) is 3.37. The standard InChI is InChI=1S/C28H33N5O2S/c1-2-21-8-5-11-24-26(21)32-28(33-27(24)29)30-17-19-13-15-20(16-14-19)18-31-36(34,35)25-12-6-9-22-7-3-4-10-23(22)25/h3-12,19-20,31H,2,13-18H2,1H3,(H3,29,30,32,33). The van der Waals surface area contributed by atoms with Gasteiger partial charge in [0.15, 0.2) is 0 Å². The average Bonchev–Trinajstić information content (AvgIpc) is 2.91. The smallest absolute Gasteiger partial charge is 0.241 e. The summed E-state index contributed by atoms with van der Waals surface area (Å²) in [6.07, 6.45) is 4.95. The largest absolute Gasteiger partial charge is 0.383 e. The number of nitrogens with one attached hydrogen (secondary N) is 2. The molecular formula is C28H33N5O2S. The molecule has 0 radical (unpaired) electrons. The lowest BCUT2D eigenvalue weighted by Crippen LogP contribution is -2.32. The molecule has 0 unspecified atom stereocenters. The molecule has 0 aliphatic heterocycles. The summed E-state index contributed by atoms with van der Waals surface area (Å²) in [6, 6.07) is 19.0. The lowest BCUT2D eigenvalue weighted by molar-refractivity contribution is 0.284. The molecule has 8 heteroatoms. The van der Waals surface area contributed by atoms with Gasteiger partial charge >= 0.3 is 0 Å². The van der Waals surface area contributed by atoms with E-state index in [1.54, 1.807) is 12.1 Å². The zero-order valence-corrected chi connectivity index (χ0v) is 21.4. The Morgan fingerprint density at radius 3 is 2.31 bits per heavy atom. The molecule has 1 fully saturated rings. The Morgan fingerprint density at radius 2 is 1.53 bits per heavy atom. The monoisotopic (exact) mass is 503 g/mol. The molecule has 1 aliphatic rings. The molecule has 188 valence electrons. The summed E-state index contributed by atoms with van der Waals surface area (Å²) < 4.78 is 28.9. The zero-order valence-electron chi connectivity index (χ0n) is 20.6. The van der Waals surface area contributed by atoms with Crippen LogP contribution < -0.4 is 15.8 Å². The van der Waals surface area contributed by atoms with Crippen LogP contribution in [0.4, 0.5) is 11.8 Å². The molecule has 0 bridgehead atoms. The first-order chi connectivity index (χ1) is 17.4. The molecule has 1 aromatic heterocycles. The van der Waals surface area contributed by atoms with Crippen LogP contribution in [0.1, 0.15) is 38.2 Å². The van der Waals surface area contributed by atoms with Crippen molar-refractivity contribution in [3.63, 3.8) is 0 Å². The lowest BCUT2D eigenvalue weighted by atomic mass is 9.82. The molecule has 0 saturated heterocycles. The van der Waals surface area contributed by atoms with Crippen LogP contribution in [0.25, 0.3) is 21.7 Å². The molecule has 1 aliphatic carbocycles. The highest BCUT2D eigenvalue weighted by atomic mass is 32.2. The molecule has 3 aromatic carbocycles. The highest BCUT2D eigenvalue weighted by Gasteiger charge is 2.24. The first-order valence-corrected chi connectivity index (χ1v) is 14.2. The van der Waals surface area contributed by atoms with Crippen molar-refractivity contribution in [1.82, 2.24) is 14.7 Å². The number of anilines is 2. The molecule has 0 amide bonds. The summed E-state index contributed by atoms with van der Waals surface area (Å²) in [5.74, 6) is 1.91. The quantitative estimate of drug-likeness (QED) is 0.308. The summed E-state index contributed by atoms with van der Waals surface area (Å²) in [7, 11) is -3.56. The normalized spacial score (nSPS) is 18.5. The number of para-hydroxylation sites is 1. The van der Waals surface area contributed by atoms with Crippen LogP contribution in [0.3, 0.4) is 0 Å². The third-order valence-corrected chi connectivity index (χ3v) is 8.82. The second-order valence-electron chi connectivity index (χ2n) is 9.70. The average molecular weight is 504 g/mol. The second kappa shape index (κ2) is 10.4. The van der Waals surface area contributed by atoms with E-state index in [1.807, 2.05) is 42.5 Å². The van der Waals surface area contributed by atoms with E-state index in [-0.39, 0.29) is 0 Å². The topological polar surface area (TPSA) is 110 Å². The second-order valence-corrected chi connectivity index (χ2v) is 11.4. The van der Waals surface area contributed by atoms with E-state index < -0.39 is 10.0 Å². The van der Waals surface area contributed by atoms with Gasteiger partial charge in [-0.2, -0.15) is 4.98 Å². The molecule has 4 N–H and O–H groups in total. The number of fused-ring (bicyclic) bond motifs is 2. The number of sulfonamides is 1. The number of rotatable bonds is 8. The van der Waals surface area contributed by atoms with Crippen molar-refractivity contribution in [2.24, 2.45) is 11.8 Å². The van der Waals surface area contributed by atoms with Crippen molar-refractivity contribution in [2.45, 2.75) is 43.9 Å². The van der Waals surface area contributed by atoms with Crippen LogP contribution in [-0.2, 0) is 16.4 Å². The minimum Gasteiger partial charge on any atom is -0.383 e. The molecule has 4 aromatic rings. The van der Waals surface area contributed by atoms with Crippen LogP contribution in [0.5, 0.6) is 0 Å². The van der Waals surface area contributed by atoms with Crippen molar-refractivity contribution in [3.05, 3.63) is 66.2 Å². The lowest BCUT2D eigenvalue weighted by Gasteiger charge is -2.28. The fourth-order valence-corrected chi connectivity index (χ4v) is 6.55. The van der Waals surface area contributed by atoms with Gasteiger partial charge in [0.2, 0.25) is 16.0 Å². The van der Waals surface area contributed by atoms with Gasteiger partial charge in [0.25, 0.3) is 0 Å². The molecule has 5 rings (SSSR count). The van der Waals surface area contributed by atoms with Crippen molar-refractivity contribution in [1.29, 1.82) is 0 Å². The summed E-state index contributed by atoms with van der Waals surface area (Å²) in [4.78, 5) is 9.54. The first kappa shape index (κ1) is 24.5. The third-order valence-electron chi connectivity index (χ3n) is 7.34. The number of benzene rings is 3. The number of aryl methyl sites for hydroxylation is 1. The number of nitrogen functional groups attached to an aromatic ring is 1. The van der Waals surface area contributed by atoms with Crippen molar-refractivity contribution in [2.75, 3.05) is 24.1 Å². The molecule has 0 atom stereocenters. The summed E-state index contributed by atoms with van der Waals surface area (Å²) in [5.41, 5.74) is 8.28. The molecule has 36 heavy (non-hydrogen) atoms. The van der Waals surface area contributed by atoms with Crippen molar-refractivity contribution in [3.8, 4) is 0 Å². The van der Waals surface area contributed by atoms with Gasteiger partial charge < -0.3 is 11.1 Å². The maximum absolute atomic E-state index is 13.0. The molecule has 1 saturated carbocycles. The van der Waals surface area contributed by atoms with Gasteiger partial charge in [0.05, 0.1) is 10.4 Å². The van der Waals surface area contributed by atoms with Gasteiger partial charge in [0, 0.05) is 23.9 Å². The van der Waals surface area contributed by atoms with E-state index in [0.717, 1.165) is 65.9 Å². The Bertz CT molecular complexity index is 1480. The van der Waals surface area contributed by atoms with Crippen LogP contribution in [0.2, 0.25) is 0 Å². The van der Waals surface area contributed by atoms with E-state index in [0.29, 0.717) is 35.0 Å². The fraction of sp³-hybridized carbons (Fsp3) is 0.357. The fourth-order valence-electron chi connectivity index (χ4n) is 5.21. The summed E-state index contributed by atoms with van der Waals surface area (Å²) >= 11 is 0. The Morgan fingerprint density at radius 1 is 0.861 bits per heavy atom. The Balaban J connectivity index is 1.15. The minimum atomic E-state index is -3.56. The molecule has 1 heterocycles. The van der Waals surface area contributed by atoms with E-state index in [4.69, 9.17) is 10.7 Å². The minimum absolute atomic E-state index is 0.339. The van der Waals surface area contributed by atoms with Gasteiger partial charge in [-0.1, -0.05) is 55.5 Å². The van der Waals surface area contributed by atoms with Gasteiger partial charge in [-0.05, 0) is 67.0 Å². The van der Waals surface area contributed by atoms with E-state index in [9.17, 15) is 8.42 Å².